The van der Waals surface area contributed by atoms with Crippen molar-refractivity contribution in [1.82, 2.24) is 9.97 Å². The number of fused-ring (bicyclic) bond motifs is 1. The smallest absolute Gasteiger partial charge is 0.339 e. The fourth-order valence-electron chi connectivity index (χ4n) is 2.65. The van der Waals surface area contributed by atoms with Gasteiger partial charge in [-0.05, 0) is 12.5 Å². The van der Waals surface area contributed by atoms with Crippen LogP contribution in [0.1, 0.15) is 65.1 Å². The van der Waals surface area contributed by atoms with Crippen LogP contribution in [0.3, 0.4) is 0 Å². The van der Waals surface area contributed by atoms with E-state index in [4.69, 9.17) is 4.42 Å². The molecule has 6 nitrogen and oxygen atoms in total. The second-order valence-electron chi connectivity index (χ2n) is 6.84. The third kappa shape index (κ3) is 2.87. The Labute approximate surface area is 139 Å². The first-order valence-electron chi connectivity index (χ1n) is 7.69. The van der Waals surface area contributed by atoms with Crippen LogP contribution in [0.15, 0.2) is 28.6 Å². The highest BCUT2D eigenvalue weighted by atomic mass is 16.4. The van der Waals surface area contributed by atoms with Gasteiger partial charge in [0.05, 0.1) is 5.56 Å². The van der Waals surface area contributed by atoms with Crippen LogP contribution in [-0.2, 0) is 11.8 Å². The van der Waals surface area contributed by atoms with Crippen molar-refractivity contribution >= 4 is 17.8 Å². The number of furan rings is 1. The zero-order valence-electron chi connectivity index (χ0n) is 13.8. The first-order valence-corrected chi connectivity index (χ1v) is 7.69. The zero-order chi connectivity index (χ0) is 17.5. The number of carboxylic acids is 1. The van der Waals surface area contributed by atoms with Crippen LogP contribution < -0.4 is 0 Å². The van der Waals surface area contributed by atoms with Gasteiger partial charge in [-0.1, -0.05) is 20.8 Å². The Kier molecular flexibility index (Phi) is 3.83. The number of rotatable bonds is 2. The quantitative estimate of drug-likeness (QED) is 0.851. The molecule has 1 N–H and O–H groups in total. The van der Waals surface area contributed by atoms with Gasteiger partial charge in [0.15, 0.2) is 5.78 Å². The first-order chi connectivity index (χ1) is 11.3. The molecule has 0 bridgehead atoms. The average Bonchev–Trinajstić information content (AvgIpc) is 2.95. The molecule has 0 radical (unpaired) electrons. The summed E-state index contributed by atoms with van der Waals surface area (Å²) in [5.41, 5.74) is 1.19. The summed E-state index contributed by atoms with van der Waals surface area (Å²) in [5.74, 6) is -0.298. The highest BCUT2D eigenvalue weighted by molar-refractivity contribution is 6.17. The normalized spacial score (nSPS) is 16.3. The van der Waals surface area contributed by atoms with E-state index < -0.39 is 5.97 Å². The Morgan fingerprint density at radius 1 is 1.25 bits per heavy atom. The van der Waals surface area contributed by atoms with Crippen LogP contribution in [0.4, 0.5) is 0 Å². The van der Waals surface area contributed by atoms with Crippen LogP contribution >= 0.6 is 0 Å². The van der Waals surface area contributed by atoms with Crippen LogP contribution in [0.5, 0.6) is 0 Å². The molecule has 3 rings (SSSR count). The monoisotopic (exact) mass is 326 g/mol. The number of hydrogen-bond donors (Lipinski definition) is 1. The standard InChI is InChI=1S/C18H18N2O4/c1-18(2,3)17-19-7-10(8-20-17)6-11-4-5-13-14(15(11)21)12(9-24-13)16(22)23/h6-9H,4-5H2,1-3H3,(H,22,23). The van der Waals surface area contributed by atoms with E-state index in [0.717, 1.165) is 17.7 Å². The van der Waals surface area contributed by atoms with E-state index in [1.54, 1.807) is 18.5 Å². The summed E-state index contributed by atoms with van der Waals surface area (Å²) in [6.45, 7) is 6.08. The van der Waals surface area contributed by atoms with Gasteiger partial charge in [0.2, 0.25) is 0 Å². The lowest BCUT2D eigenvalue weighted by Gasteiger charge is -2.16. The minimum absolute atomic E-state index is 0.0834. The molecular formula is C18H18N2O4. The van der Waals surface area contributed by atoms with Gasteiger partial charge in [-0.25, -0.2) is 14.8 Å². The Bertz CT molecular complexity index is 839. The van der Waals surface area contributed by atoms with Crippen molar-refractivity contribution in [2.24, 2.45) is 0 Å². The molecule has 0 atom stereocenters. The summed E-state index contributed by atoms with van der Waals surface area (Å²) in [6.07, 6.45) is 7.21. The van der Waals surface area contributed by atoms with Crippen molar-refractivity contribution < 1.29 is 19.1 Å². The molecule has 0 aromatic carbocycles. The van der Waals surface area contributed by atoms with E-state index in [1.807, 2.05) is 20.8 Å². The van der Waals surface area contributed by atoms with Gasteiger partial charge in [0, 0.05) is 35.4 Å². The molecule has 0 aliphatic heterocycles. The molecule has 0 spiro atoms. The largest absolute Gasteiger partial charge is 0.478 e. The molecule has 124 valence electrons. The maximum Gasteiger partial charge on any atom is 0.339 e. The predicted octanol–water partition coefficient (Wildman–Crippen LogP) is 3.28. The maximum atomic E-state index is 12.6. The number of carbonyl (C=O) groups is 2. The van der Waals surface area contributed by atoms with Crippen molar-refractivity contribution in [2.75, 3.05) is 0 Å². The molecule has 2 heterocycles. The van der Waals surface area contributed by atoms with Gasteiger partial charge in [-0.2, -0.15) is 0 Å². The van der Waals surface area contributed by atoms with E-state index in [2.05, 4.69) is 9.97 Å². The highest BCUT2D eigenvalue weighted by Gasteiger charge is 2.30. The average molecular weight is 326 g/mol. The fourth-order valence-corrected chi connectivity index (χ4v) is 2.65. The van der Waals surface area contributed by atoms with Crippen molar-refractivity contribution in [2.45, 2.75) is 39.0 Å². The number of carboxylic acid groups (broad SMARTS) is 1. The van der Waals surface area contributed by atoms with Gasteiger partial charge in [0.25, 0.3) is 0 Å². The third-order valence-electron chi connectivity index (χ3n) is 3.92. The number of carbonyl (C=O) groups excluding carboxylic acids is 1. The van der Waals surface area contributed by atoms with E-state index in [9.17, 15) is 14.7 Å². The Hall–Kier alpha value is -2.76. The fraction of sp³-hybridized carbons (Fsp3) is 0.333. The second-order valence-corrected chi connectivity index (χ2v) is 6.84. The molecule has 0 saturated heterocycles. The number of nitrogens with zero attached hydrogens (tertiary/aromatic N) is 2. The molecule has 1 aliphatic carbocycles. The van der Waals surface area contributed by atoms with Gasteiger partial charge in [-0.3, -0.25) is 4.79 Å². The second kappa shape index (κ2) is 5.70. The summed E-state index contributed by atoms with van der Waals surface area (Å²) < 4.78 is 5.22. The molecule has 1 aliphatic rings. The number of hydrogen-bond acceptors (Lipinski definition) is 5. The van der Waals surface area contributed by atoms with E-state index >= 15 is 0 Å². The van der Waals surface area contributed by atoms with E-state index in [0.29, 0.717) is 24.2 Å². The molecule has 0 saturated carbocycles. The summed E-state index contributed by atoms with van der Waals surface area (Å²) >= 11 is 0. The van der Waals surface area contributed by atoms with Crippen molar-refractivity contribution in [3.05, 3.63) is 52.5 Å². The molecule has 2 aromatic rings. The summed E-state index contributed by atoms with van der Waals surface area (Å²) in [5, 5.41) is 9.18. The zero-order valence-corrected chi connectivity index (χ0v) is 13.8. The highest BCUT2D eigenvalue weighted by Crippen LogP contribution is 2.30. The SMILES string of the molecule is CC(C)(C)c1ncc(C=C2CCc3occ(C(=O)O)c3C2=O)cn1. The molecule has 2 aromatic heterocycles. The maximum absolute atomic E-state index is 12.6. The van der Waals surface area contributed by atoms with Crippen LogP contribution in [-0.4, -0.2) is 26.8 Å². The minimum Gasteiger partial charge on any atom is -0.478 e. The number of aromatic nitrogens is 2. The van der Waals surface area contributed by atoms with Crippen LogP contribution in [0, 0.1) is 0 Å². The van der Waals surface area contributed by atoms with Crippen molar-refractivity contribution in [3.8, 4) is 0 Å². The lowest BCUT2D eigenvalue weighted by atomic mass is 9.88. The summed E-state index contributed by atoms with van der Waals surface area (Å²) in [7, 11) is 0. The lowest BCUT2D eigenvalue weighted by molar-refractivity contribution is 0.0692. The minimum atomic E-state index is -1.16. The van der Waals surface area contributed by atoms with E-state index in [1.165, 1.54) is 0 Å². The van der Waals surface area contributed by atoms with Crippen LogP contribution in [0.2, 0.25) is 0 Å². The van der Waals surface area contributed by atoms with E-state index in [-0.39, 0.29) is 22.3 Å². The number of aryl methyl sites for hydroxylation is 1. The van der Waals surface area contributed by atoms with Gasteiger partial charge < -0.3 is 9.52 Å². The summed E-state index contributed by atoms with van der Waals surface area (Å²) in [6, 6.07) is 0. The van der Waals surface area contributed by atoms with Gasteiger partial charge >= 0.3 is 5.97 Å². The summed E-state index contributed by atoms with van der Waals surface area (Å²) in [4.78, 5) is 32.5. The van der Waals surface area contributed by atoms with Crippen LogP contribution in [0.25, 0.3) is 6.08 Å². The molecule has 0 fully saturated rings. The first kappa shape index (κ1) is 16.1. The third-order valence-corrected chi connectivity index (χ3v) is 3.92. The molecule has 6 heteroatoms. The number of ketones is 1. The molecule has 24 heavy (non-hydrogen) atoms. The Morgan fingerprint density at radius 3 is 2.50 bits per heavy atom. The molecule has 0 unspecified atom stereocenters. The molecular weight excluding hydrogens is 308 g/mol. The van der Waals surface area contributed by atoms with Gasteiger partial charge in [0.1, 0.15) is 23.4 Å². The number of Topliss-reactive ketones (excluding diaryl/α,β-unsaturated/α-hetero) is 1. The number of allylic oxidation sites excluding steroid dienone is 1. The Balaban J connectivity index is 1.93. The topological polar surface area (TPSA) is 93.3 Å². The van der Waals surface area contributed by atoms with Crippen molar-refractivity contribution in [3.63, 3.8) is 0 Å². The number of aromatic carboxylic acids is 1. The Morgan fingerprint density at radius 2 is 1.92 bits per heavy atom. The lowest BCUT2D eigenvalue weighted by Crippen LogP contribution is -2.16. The molecule has 0 amide bonds. The van der Waals surface area contributed by atoms with Gasteiger partial charge in [-0.15, -0.1) is 0 Å². The van der Waals surface area contributed by atoms with Crippen molar-refractivity contribution in [1.29, 1.82) is 0 Å². The predicted molar refractivity (Wildman–Crippen MR) is 87.0 cm³/mol.